The Labute approximate surface area is 121 Å². The number of hydrogen-bond donors (Lipinski definition) is 1. The molecule has 2 aliphatic rings. The van der Waals surface area contributed by atoms with Crippen molar-refractivity contribution < 1.29 is 4.39 Å². The van der Waals surface area contributed by atoms with Gasteiger partial charge in [-0.05, 0) is 69.3 Å². The average Bonchev–Trinajstić information content (AvgIpc) is 2.41. The number of rotatable bonds is 3. The van der Waals surface area contributed by atoms with Crippen LogP contribution in [0.3, 0.4) is 0 Å². The monoisotopic (exact) mass is 276 g/mol. The molecule has 2 heterocycles. The fourth-order valence-electron chi connectivity index (χ4n) is 4.05. The molecule has 2 fully saturated rings. The molecule has 2 bridgehead atoms. The maximum atomic E-state index is 13.5. The highest BCUT2D eigenvalue weighted by Gasteiger charge is 2.38. The second-order valence-electron chi connectivity index (χ2n) is 6.31. The lowest BCUT2D eigenvalue weighted by molar-refractivity contribution is 0.247. The van der Waals surface area contributed by atoms with Gasteiger partial charge in [0, 0.05) is 23.8 Å². The van der Waals surface area contributed by atoms with Crippen molar-refractivity contribution in [3.63, 3.8) is 0 Å². The number of halogens is 1. The minimum atomic E-state index is -0.0959. The zero-order chi connectivity index (χ0) is 14.1. The first-order valence-corrected chi connectivity index (χ1v) is 7.97. The van der Waals surface area contributed by atoms with Gasteiger partial charge < -0.3 is 10.2 Å². The molecule has 2 aliphatic heterocycles. The lowest BCUT2D eigenvalue weighted by atomic mass is 9.81. The Hall–Kier alpha value is -1.09. The van der Waals surface area contributed by atoms with Crippen LogP contribution in [0.25, 0.3) is 0 Å². The molecule has 2 unspecified atom stereocenters. The van der Waals surface area contributed by atoms with Crippen LogP contribution in [0.5, 0.6) is 0 Å². The third kappa shape index (κ3) is 2.56. The summed E-state index contributed by atoms with van der Waals surface area (Å²) in [5, 5.41) is 3.62. The maximum Gasteiger partial charge on any atom is 0.126 e. The highest BCUT2D eigenvalue weighted by Crippen LogP contribution is 2.38. The number of nitrogens with one attached hydrogen (secondary N) is 1. The second-order valence-corrected chi connectivity index (χ2v) is 6.31. The molecule has 1 aromatic rings. The molecule has 0 aliphatic carbocycles. The van der Waals surface area contributed by atoms with Gasteiger partial charge in [-0.2, -0.15) is 0 Å². The van der Waals surface area contributed by atoms with E-state index in [0.717, 1.165) is 12.1 Å². The van der Waals surface area contributed by atoms with Gasteiger partial charge in [-0.1, -0.05) is 6.92 Å². The summed E-state index contributed by atoms with van der Waals surface area (Å²) in [6.07, 6.45) is 6.33. The van der Waals surface area contributed by atoms with Crippen molar-refractivity contribution in [3.05, 3.63) is 29.6 Å². The third-order valence-electron chi connectivity index (χ3n) is 4.91. The summed E-state index contributed by atoms with van der Waals surface area (Å²) in [6.45, 7) is 5.10. The average molecular weight is 276 g/mol. The second kappa shape index (κ2) is 5.72. The number of hydrogen-bond acceptors (Lipinski definition) is 2. The zero-order valence-electron chi connectivity index (χ0n) is 12.5. The van der Waals surface area contributed by atoms with E-state index < -0.39 is 0 Å². The Morgan fingerprint density at radius 3 is 2.55 bits per heavy atom. The molecule has 2 atom stereocenters. The van der Waals surface area contributed by atoms with E-state index >= 15 is 0 Å². The van der Waals surface area contributed by atoms with E-state index in [0.29, 0.717) is 18.1 Å². The predicted octanol–water partition coefficient (Wildman–Crippen LogP) is 3.63. The SMILES string of the molecule is CCNC1CC2CCCC(C1)N2c1ccc(F)c(C)c1. The molecule has 1 N–H and O–H groups in total. The molecule has 0 amide bonds. The Kier molecular flexibility index (Phi) is 3.97. The van der Waals surface area contributed by atoms with E-state index in [-0.39, 0.29) is 5.82 Å². The zero-order valence-corrected chi connectivity index (χ0v) is 12.5. The Morgan fingerprint density at radius 2 is 1.95 bits per heavy atom. The molecule has 0 saturated carbocycles. The van der Waals surface area contributed by atoms with Crippen molar-refractivity contribution in [2.24, 2.45) is 0 Å². The van der Waals surface area contributed by atoms with E-state index in [2.05, 4.69) is 17.1 Å². The predicted molar refractivity (Wildman–Crippen MR) is 81.7 cm³/mol. The number of piperidine rings is 2. The van der Waals surface area contributed by atoms with Crippen molar-refractivity contribution in [1.82, 2.24) is 5.32 Å². The summed E-state index contributed by atoms with van der Waals surface area (Å²) in [5.41, 5.74) is 1.97. The van der Waals surface area contributed by atoms with Crippen LogP contribution < -0.4 is 10.2 Å². The summed E-state index contributed by atoms with van der Waals surface area (Å²) in [4.78, 5) is 2.57. The number of fused-ring (bicyclic) bond motifs is 2. The number of nitrogens with zero attached hydrogens (tertiary/aromatic N) is 1. The summed E-state index contributed by atoms with van der Waals surface area (Å²) in [7, 11) is 0. The Balaban J connectivity index is 1.84. The molecule has 3 heteroatoms. The van der Waals surface area contributed by atoms with Crippen molar-refractivity contribution in [2.75, 3.05) is 11.4 Å². The minimum Gasteiger partial charge on any atom is -0.365 e. The van der Waals surface area contributed by atoms with Crippen LogP contribution in [-0.4, -0.2) is 24.7 Å². The minimum absolute atomic E-state index is 0.0959. The van der Waals surface area contributed by atoms with Gasteiger partial charge >= 0.3 is 0 Å². The molecule has 1 aromatic carbocycles. The standard InChI is InChI=1S/C17H25FN2/c1-3-19-13-10-14-5-4-6-15(11-13)20(14)16-7-8-17(18)12(2)9-16/h7-9,13-15,19H,3-6,10-11H2,1-2H3. The Morgan fingerprint density at radius 1 is 1.25 bits per heavy atom. The fourth-order valence-corrected chi connectivity index (χ4v) is 4.05. The van der Waals surface area contributed by atoms with Crippen LogP contribution in [0.15, 0.2) is 18.2 Å². The summed E-state index contributed by atoms with van der Waals surface area (Å²) in [6, 6.07) is 7.51. The van der Waals surface area contributed by atoms with Gasteiger partial charge in [-0.25, -0.2) is 4.39 Å². The number of aryl methyl sites for hydroxylation is 1. The topological polar surface area (TPSA) is 15.3 Å². The van der Waals surface area contributed by atoms with Crippen LogP contribution >= 0.6 is 0 Å². The largest absolute Gasteiger partial charge is 0.365 e. The van der Waals surface area contributed by atoms with Crippen molar-refractivity contribution in [2.45, 2.75) is 64.1 Å². The molecular weight excluding hydrogens is 251 g/mol. The molecule has 110 valence electrons. The van der Waals surface area contributed by atoms with E-state index in [9.17, 15) is 4.39 Å². The lowest BCUT2D eigenvalue weighted by Crippen LogP contribution is -2.56. The van der Waals surface area contributed by atoms with Crippen molar-refractivity contribution in [3.8, 4) is 0 Å². The maximum absolute atomic E-state index is 13.5. The van der Waals surface area contributed by atoms with E-state index in [4.69, 9.17) is 0 Å². The molecule has 2 nitrogen and oxygen atoms in total. The van der Waals surface area contributed by atoms with Crippen LogP contribution in [0.2, 0.25) is 0 Å². The van der Waals surface area contributed by atoms with Crippen molar-refractivity contribution >= 4 is 5.69 Å². The highest BCUT2D eigenvalue weighted by atomic mass is 19.1. The van der Waals surface area contributed by atoms with Gasteiger partial charge in [0.1, 0.15) is 5.82 Å². The number of benzene rings is 1. The van der Waals surface area contributed by atoms with Gasteiger partial charge in [-0.15, -0.1) is 0 Å². The smallest absolute Gasteiger partial charge is 0.126 e. The highest BCUT2D eigenvalue weighted by molar-refractivity contribution is 5.52. The van der Waals surface area contributed by atoms with Crippen molar-refractivity contribution in [1.29, 1.82) is 0 Å². The third-order valence-corrected chi connectivity index (χ3v) is 4.91. The lowest BCUT2D eigenvalue weighted by Gasteiger charge is -2.50. The molecule has 3 rings (SSSR count). The molecule has 0 radical (unpaired) electrons. The van der Waals surface area contributed by atoms with E-state index in [1.807, 2.05) is 19.1 Å². The van der Waals surface area contributed by atoms with Gasteiger partial charge in [0.15, 0.2) is 0 Å². The molecular formula is C17H25FN2. The van der Waals surface area contributed by atoms with Gasteiger partial charge in [0.05, 0.1) is 0 Å². The van der Waals surface area contributed by atoms with Crippen LogP contribution in [0, 0.1) is 12.7 Å². The molecule has 20 heavy (non-hydrogen) atoms. The summed E-state index contributed by atoms with van der Waals surface area (Å²) in [5.74, 6) is -0.0959. The quantitative estimate of drug-likeness (QED) is 0.907. The summed E-state index contributed by atoms with van der Waals surface area (Å²) >= 11 is 0. The molecule has 0 spiro atoms. The summed E-state index contributed by atoms with van der Waals surface area (Å²) < 4.78 is 13.5. The van der Waals surface area contributed by atoms with E-state index in [1.54, 1.807) is 6.07 Å². The van der Waals surface area contributed by atoms with E-state index in [1.165, 1.54) is 37.8 Å². The molecule has 2 saturated heterocycles. The normalized spacial score (nSPS) is 29.6. The first kappa shape index (κ1) is 13.9. The number of anilines is 1. The van der Waals surface area contributed by atoms with Crippen LogP contribution in [-0.2, 0) is 0 Å². The van der Waals surface area contributed by atoms with Gasteiger partial charge in [-0.3, -0.25) is 0 Å². The van der Waals surface area contributed by atoms with Crippen LogP contribution in [0.1, 0.15) is 44.6 Å². The first-order valence-electron chi connectivity index (χ1n) is 7.97. The Bertz CT molecular complexity index is 460. The van der Waals surface area contributed by atoms with Gasteiger partial charge in [0.2, 0.25) is 0 Å². The first-order chi connectivity index (χ1) is 9.69. The van der Waals surface area contributed by atoms with Gasteiger partial charge in [0.25, 0.3) is 0 Å². The molecule has 0 aromatic heterocycles. The van der Waals surface area contributed by atoms with Crippen LogP contribution in [0.4, 0.5) is 10.1 Å². The fraction of sp³-hybridized carbons (Fsp3) is 0.647.